The summed E-state index contributed by atoms with van der Waals surface area (Å²) in [7, 11) is 0. The minimum absolute atomic E-state index is 0.0232. The van der Waals surface area contributed by atoms with E-state index >= 15 is 0 Å². The van der Waals surface area contributed by atoms with Gasteiger partial charge in [-0.25, -0.2) is 4.57 Å². The highest BCUT2D eigenvalue weighted by Gasteiger charge is 2.53. The number of anilines is 1. The predicted octanol–water partition coefficient (Wildman–Crippen LogP) is -1.73. The Hall–Kier alpha value is -4.05. The van der Waals surface area contributed by atoms with E-state index in [-0.39, 0.29) is 40.8 Å². The lowest BCUT2D eigenvalue weighted by molar-refractivity contribution is -0.689. The number of amides is 3. The fourth-order valence-corrected chi connectivity index (χ4v) is 6.36. The Morgan fingerprint density at radius 1 is 1.26 bits per heavy atom. The van der Waals surface area contributed by atoms with Gasteiger partial charge in [-0.05, 0) is 25.7 Å². The third-order valence-corrected chi connectivity index (χ3v) is 8.42. The molecule has 16 heteroatoms. The highest BCUT2D eigenvalue weighted by molar-refractivity contribution is 8.00. The number of nitrogens with one attached hydrogen (secondary N) is 1. The van der Waals surface area contributed by atoms with Gasteiger partial charge in [0.05, 0.1) is 17.2 Å². The zero-order chi connectivity index (χ0) is 27.7. The maximum absolute atomic E-state index is 13.2. The molecule has 0 spiro atoms. The molecule has 4 heterocycles. The van der Waals surface area contributed by atoms with E-state index in [0.29, 0.717) is 11.1 Å². The smallest absolute Gasteiger partial charge is 0.278 e. The summed E-state index contributed by atoms with van der Waals surface area (Å²) in [4.78, 5) is 60.3. The van der Waals surface area contributed by atoms with E-state index in [1.165, 1.54) is 23.9 Å². The summed E-state index contributed by atoms with van der Waals surface area (Å²) in [6.45, 7) is 0.148. The largest absolute Gasteiger partial charge is 0.543 e. The van der Waals surface area contributed by atoms with Crippen LogP contribution in [-0.2, 0) is 25.8 Å². The van der Waals surface area contributed by atoms with Gasteiger partial charge in [-0.3, -0.25) is 19.3 Å². The Bertz CT molecular complexity index is 1390. The second-order valence-corrected chi connectivity index (χ2v) is 11.0. The van der Waals surface area contributed by atoms with Gasteiger partial charge in [0.15, 0.2) is 24.1 Å². The number of nitrogen functional groups attached to an aromatic ring is 1. The molecule has 1 saturated heterocycles. The van der Waals surface area contributed by atoms with Crippen molar-refractivity contribution in [1.82, 2.24) is 19.6 Å². The molecule has 204 valence electrons. The number of hydrogen-bond acceptors (Lipinski definition) is 12. The van der Waals surface area contributed by atoms with Crippen LogP contribution >= 0.6 is 23.3 Å². The van der Waals surface area contributed by atoms with Crippen LogP contribution in [0.1, 0.15) is 41.9 Å². The van der Waals surface area contributed by atoms with Crippen molar-refractivity contribution < 1.29 is 33.7 Å². The van der Waals surface area contributed by atoms with Crippen LogP contribution in [0.25, 0.3) is 0 Å². The van der Waals surface area contributed by atoms with Gasteiger partial charge >= 0.3 is 0 Å². The van der Waals surface area contributed by atoms with Crippen molar-refractivity contribution in [1.29, 1.82) is 0 Å². The quantitative estimate of drug-likeness (QED) is 0.134. The van der Waals surface area contributed by atoms with Gasteiger partial charge in [0.1, 0.15) is 17.5 Å². The minimum Gasteiger partial charge on any atom is -0.543 e. The number of rotatable bonds is 9. The summed E-state index contributed by atoms with van der Waals surface area (Å²) in [6, 6.07) is 2.02. The minimum atomic E-state index is -1.50. The molecular formula is C23H24N8O6S2. The normalized spacial score (nSPS) is 21.4. The van der Waals surface area contributed by atoms with E-state index in [4.69, 9.17) is 16.3 Å². The fraction of sp³-hybridized carbons (Fsp3) is 0.391. The molecule has 5 rings (SSSR count). The van der Waals surface area contributed by atoms with Gasteiger partial charge in [0.2, 0.25) is 17.4 Å². The number of thioether (sulfide) groups is 1. The molecule has 14 nitrogen and oxygen atoms in total. The van der Waals surface area contributed by atoms with Crippen molar-refractivity contribution in [2.75, 3.05) is 11.5 Å². The molecule has 3 aliphatic rings. The molecule has 0 bridgehead atoms. The van der Waals surface area contributed by atoms with E-state index < -0.39 is 35.1 Å². The Kier molecular flexibility index (Phi) is 7.47. The summed E-state index contributed by atoms with van der Waals surface area (Å²) >= 11 is 2.19. The van der Waals surface area contributed by atoms with Crippen LogP contribution in [0.15, 0.2) is 41.0 Å². The first kappa shape index (κ1) is 26.6. The Morgan fingerprint density at radius 2 is 1.97 bits per heavy atom. The number of β-lactam (4-membered cyclic amide) rings is 1. The lowest BCUT2D eigenvalue weighted by Gasteiger charge is -2.50. The van der Waals surface area contributed by atoms with E-state index in [1.54, 1.807) is 17.0 Å². The van der Waals surface area contributed by atoms with Gasteiger partial charge in [0.25, 0.3) is 11.8 Å². The van der Waals surface area contributed by atoms with Gasteiger partial charge < -0.3 is 31.5 Å². The Labute approximate surface area is 230 Å². The van der Waals surface area contributed by atoms with Crippen LogP contribution in [0.3, 0.4) is 0 Å². The molecule has 2 aliphatic heterocycles. The predicted molar refractivity (Wildman–Crippen MR) is 136 cm³/mol. The van der Waals surface area contributed by atoms with Crippen molar-refractivity contribution in [3.63, 3.8) is 0 Å². The van der Waals surface area contributed by atoms with Gasteiger partial charge in [-0.15, -0.1) is 11.8 Å². The molecule has 3 amide bonds. The van der Waals surface area contributed by atoms with Crippen molar-refractivity contribution >= 4 is 57.8 Å². The summed E-state index contributed by atoms with van der Waals surface area (Å²) < 4.78 is 5.71. The van der Waals surface area contributed by atoms with Crippen LogP contribution in [-0.4, -0.2) is 66.9 Å². The Morgan fingerprint density at radius 3 is 2.59 bits per heavy atom. The molecule has 1 unspecified atom stereocenters. The number of primary amides is 1. The van der Waals surface area contributed by atoms with E-state index in [1.807, 2.05) is 0 Å². The van der Waals surface area contributed by atoms with Crippen LogP contribution in [0.4, 0.5) is 5.13 Å². The molecule has 2 fully saturated rings. The number of fused-ring (bicyclic) bond motifs is 1. The van der Waals surface area contributed by atoms with Crippen molar-refractivity contribution in [3.8, 4) is 0 Å². The summed E-state index contributed by atoms with van der Waals surface area (Å²) in [6.07, 6.45) is 6.68. The maximum Gasteiger partial charge on any atom is 0.278 e. The van der Waals surface area contributed by atoms with E-state index in [0.717, 1.165) is 42.1 Å². The van der Waals surface area contributed by atoms with Crippen LogP contribution in [0, 0.1) is 0 Å². The molecule has 1 aliphatic carbocycles. The zero-order valence-electron chi connectivity index (χ0n) is 20.4. The van der Waals surface area contributed by atoms with E-state index in [9.17, 15) is 24.3 Å². The Balaban J connectivity index is 1.32. The maximum atomic E-state index is 13.2. The SMILES string of the molecule is NC(=O)c1cc[n+](CC2=C(C(=O)[O-])N3C(=O)C(NC(=O)/C(=N\OC4CCCC4)c4nsc(N)n4)[C@H]3SC2)cc1. The number of carbonyl (C=O) groups is 4. The highest BCUT2D eigenvalue weighted by atomic mass is 32.2. The third-order valence-electron chi connectivity index (χ3n) is 6.54. The molecule has 0 radical (unpaired) electrons. The number of hydrogen-bond donors (Lipinski definition) is 3. The first-order valence-corrected chi connectivity index (χ1v) is 13.9. The molecule has 5 N–H and O–H groups in total. The number of aliphatic carboxylic acids is 1. The second-order valence-electron chi connectivity index (χ2n) is 9.13. The molecule has 2 aromatic heterocycles. The average Bonchev–Trinajstić information content (AvgIpc) is 3.59. The van der Waals surface area contributed by atoms with Gasteiger partial charge in [-0.2, -0.15) is 9.36 Å². The van der Waals surface area contributed by atoms with Crippen molar-refractivity contribution in [2.24, 2.45) is 10.9 Å². The summed E-state index contributed by atoms with van der Waals surface area (Å²) in [5.74, 6) is -3.18. The molecule has 1 saturated carbocycles. The standard InChI is InChI=1S/C23H24N8O6S2/c24-17(32)11-5-7-30(8-6-11)9-12-10-38-21-15(20(34)31(21)16(12)22(35)36)26-19(33)14(18-27-23(25)39-29-18)28-37-13-3-1-2-4-13/h5-8,13,15,21H,1-4,9-10H2,(H5-,24,25,26,27,29,32,33,35,36)/b28-14-/t15?,21-/m1/s1. The van der Waals surface area contributed by atoms with Gasteiger partial charge in [-0.1, -0.05) is 5.16 Å². The summed E-state index contributed by atoms with van der Waals surface area (Å²) in [5.41, 5.74) is 11.2. The number of aromatic nitrogens is 3. The lowest BCUT2D eigenvalue weighted by atomic mass is 10.0. The lowest BCUT2D eigenvalue weighted by Crippen LogP contribution is -2.71. The average molecular weight is 573 g/mol. The highest BCUT2D eigenvalue weighted by Crippen LogP contribution is 2.40. The monoisotopic (exact) mass is 572 g/mol. The van der Waals surface area contributed by atoms with Crippen molar-refractivity contribution in [3.05, 3.63) is 47.2 Å². The van der Waals surface area contributed by atoms with E-state index in [2.05, 4.69) is 19.8 Å². The summed E-state index contributed by atoms with van der Waals surface area (Å²) in [5, 5.41) is 18.2. The number of carboxylic acids is 1. The molecule has 0 aromatic carbocycles. The van der Waals surface area contributed by atoms with Crippen LogP contribution < -0.4 is 26.5 Å². The second kappa shape index (κ2) is 11.0. The molecule has 2 atom stereocenters. The molecular weight excluding hydrogens is 548 g/mol. The van der Waals surface area contributed by atoms with Crippen LogP contribution in [0.5, 0.6) is 0 Å². The fourth-order valence-electron chi connectivity index (χ4n) is 4.59. The number of carbonyl (C=O) groups excluding carboxylic acids is 4. The van der Waals surface area contributed by atoms with Crippen molar-refractivity contribution in [2.45, 2.75) is 49.7 Å². The van der Waals surface area contributed by atoms with Crippen LogP contribution in [0.2, 0.25) is 0 Å². The van der Waals surface area contributed by atoms with Gasteiger partial charge in [0, 0.05) is 35.0 Å². The first-order chi connectivity index (χ1) is 18.7. The zero-order valence-corrected chi connectivity index (χ0v) is 22.1. The first-order valence-electron chi connectivity index (χ1n) is 12.0. The molecule has 2 aromatic rings. The number of pyridine rings is 1. The number of nitrogens with zero attached hydrogens (tertiary/aromatic N) is 5. The third kappa shape index (κ3) is 5.42. The number of nitrogens with two attached hydrogens (primary N) is 2. The molecule has 39 heavy (non-hydrogen) atoms. The topological polar surface area (TPSA) is 210 Å². The number of carboxylic acid groups (broad SMARTS) is 1. The number of oxime groups is 1.